The highest BCUT2D eigenvalue weighted by Crippen LogP contribution is 2.44. The maximum Gasteiger partial charge on any atom is 0.0189 e. The van der Waals surface area contributed by atoms with E-state index in [1.54, 1.807) is 5.57 Å². The summed E-state index contributed by atoms with van der Waals surface area (Å²) in [5.41, 5.74) is 2.41. The van der Waals surface area contributed by atoms with Gasteiger partial charge in [-0.25, -0.2) is 0 Å². The first-order chi connectivity index (χ1) is 7.69. The summed E-state index contributed by atoms with van der Waals surface area (Å²) in [4.78, 5) is 2.69. The summed E-state index contributed by atoms with van der Waals surface area (Å²) in [6, 6.07) is 0.697. The molecule has 1 nitrogen and oxygen atoms in total. The fourth-order valence-electron chi connectivity index (χ4n) is 3.06. The average molecular weight is 235 g/mol. The zero-order chi connectivity index (χ0) is 12.8. The molecule has 0 spiro atoms. The van der Waals surface area contributed by atoms with Crippen LogP contribution in [0.4, 0.5) is 0 Å². The second-order valence-electron chi connectivity index (χ2n) is 7.96. The minimum Gasteiger partial charge on any atom is -0.291 e. The van der Waals surface area contributed by atoms with Gasteiger partial charge in [0, 0.05) is 18.1 Å². The van der Waals surface area contributed by atoms with Gasteiger partial charge in [-0.2, -0.15) is 0 Å². The van der Waals surface area contributed by atoms with E-state index < -0.39 is 0 Å². The number of hydrogen-bond acceptors (Lipinski definition) is 1. The van der Waals surface area contributed by atoms with Gasteiger partial charge in [0.25, 0.3) is 0 Å². The lowest BCUT2D eigenvalue weighted by atomic mass is 9.77. The Hall–Kier alpha value is -0.300. The fraction of sp³-hybridized carbons (Fsp3) is 0.875. The Morgan fingerprint density at radius 3 is 2.06 bits per heavy atom. The lowest BCUT2D eigenvalue weighted by molar-refractivity contribution is 0.0256. The molecule has 1 atom stereocenters. The van der Waals surface area contributed by atoms with Crippen LogP contribution in [0.2, 0.25) is 0 Å². The molecule has 0 aromatic heterocycles. The first-order valence-electron chi connectivity index (χ1n) is 7.15. The third-order valence-electron chi connectivity index (χ3n) is 4.32. The Bertz CT molecular complexity index is 309. The van der Waals surface area contributed by atoms with Crippen molar-refractivity contribution < 1.29 is 0 Å². The first-order valence-corrected chi connectivity index (χ1v) is 7.15. The molecule has 0 radical (unpaired) electrons. The van der Waals surface area contributed by atoms with Crippen LogP contribution in [0.1, 0.15) is 60.8 Å². The molecule has 1 saturated carbocycles. The van der Waals surface area contributed by atoms with Crippen molar-refractivity contribution in [3.8, 4) is 0 Å². The van der Waals surface area contributed by atoms with Gasteiger partial charge in [-0.15, -0.1) is 0 Å². The second-order valence-corrected chi connectivity index (χ2v) is 7.96. The molecular weight excluding hydrogens is 206 g/mol. The Morgan fingerprint density at radius 1 is 1.06 bits per heavy atom. The molecule has 0 bridgehead atoms. The van der Waals surface area contributed by atoms with Gasteiger partial charge in [0.2, 0.25) is 0 Å². The molecule has 1 unspecified atom stereocenters. The van der Waals surface area contributed by atoms with Crippen molar-refractivity contribution in [1.29, 1.82) is 0 Å². The summed E-state index contributed by atoms with van der Waals surface area (Å²) in [6.07, 6.45) is 6.70. The largest absolute Gasteiger partial charge is 0.291 e. The van der Waals surface area contributed by atoms with Gasteiger partial charge in [0.1, 0.15) is 0 Å². The summed E-state index contributed by atoms with van der Waals surface area (Å²) in [5, 5.41) is 0. The molecule has 0 N–H and O–H groups in total. The van der Waals surface area contributed by atoms with Gasteiger partial charge < -0.3 is 0 Å². The minimum absolute atomic E-state index is 0.281. The van der Waals surface area contributed by atoms with Gasteiger partial charge in [0.15, 0.2) is 0 Å². The highest BCUT2D eigenvalue weighted by atomic mass is 15.2. The molecule has 17 heavy (non-hydrogen) atoms. The highest BCUT2D eigenvalue weighted by molar-refractivity contribution is 5.19. The monoisotopic (exact) mass is 235 g/mol. The third-order valence-corrected chi connectivity index (χ3v) is 4.32. The molecule has 1 fully saturated rings. The van der Waals surface area contributed by atoms with Crippen LogP contribution in [0, 0.1) is 11.3 Å². The van der Waals surface area contributed by atoms with Crippen molar-refractivity contribution in [2.75, 3.05) is 6.54 Å². The predicted octanol–water partition coefficient (Wildman–Crippen LogP) is 4.24. The van der Waals surface area contributed by atoms with Crippen LogP contribution in [0.3, 0.4) is 0 Å². The maximum atomic E-state index is 2.69. The number of rotatable bonds is 1. The molecule has 1 aliphatic carbocycles. The van der Waals surface area contributed by atoms with E-state index in [1.807, 2.05) is 0 Å². The van der Waals surface area contributed by atoms with E-state index in [2.05, 4.69) is 52.5 Å². The van der Waals surface area contributed by atoms with Crippen molar-refractivity contribution in [3.05, 3.63) is 11.6 Å². The molecule has 98 valence electrons. The van der Waals surface area contributed by atoms with Gasteiger partial charge in [-0.05, 0) is 51.4 Å². The zero-order valence-corrected chi connectivity index (χ0v) is 12.5. The number of hydrogen-bond donors (Lipinski definition) is 0. The van der Waals surface area contributed by atoms with Crippen LogP contribution in [-0.4, -0.2) is 23.0 Å². The van der Waals surface area contributed by atoms with Gasteiger partial charge in [-0.3, -0.25) is 4.90 Å². The van der Waals surface area contributed by atoms with E-state index in [9.17, 15) is 0 Å². The van der Waals surface area contributed by atoms with Crippen LogP contribution in [0.5, 0.6) is 0 Å². The van der Waals surface area contributed by atoms with Gasteiger partial charge in [-0.1, -0.05) is 32.4 Å². The highest BCUT2D eigenvalue weighted by Gasteiger charge is 2.40. The molecule has 0 aromatic rings. The maximum absolute atomic E-state index is 2.69. The quantitative estimate of drug-likeness (QED) is 0.614. The van der Waals surface area contributed by atoms with Crippen molar-refractivity contribution in [1.82, 2.24) is 4.90 Å². The van der Waals surface area contributed by atoms with Crippen LogP contribution in [0.15, 0.2) is 11.6 Å². The molecule has 0 amide bonds. The van der Waals surface area contributed by atoms with E-state index in [4.69, 9.17) is 0 Å². The van der Waals surface area contributed by atoms with E-state index in [0.29, 0.717) is 11.5 Å². The van der Waals surface area contributed by atoms with Crippen LogP contribution < -0.4 is 0 Å². The minimum atomic E-state index is 0.281. The Kier molecular flexibility index (Phi) is 3.18. The molecule has 1 aliphatic heterocycles. The standard InChI is InChI=1S/C16H29N/c1-15(2,3)14-11-13(12-7-8-12)9-10-17(14)16(4,5)6/h9,12,14H,7-8,10-11H2,1-6H3. The zero-order valence-electron chi connectivity index (χ0n) is 12.5. The van der Waals surface area contributed by atoms with E-state index in [0.717, 1.165) is 12.5 Å². The van der Waals surface area contributed by atoms with Crippen LogP contribution >= 0.6 is 0 Å². The van der Waals surface area contributed by atoms with Crippen molar-refractivity contribution in [2.45, 2.75) is 72.4 Å². The molecule has 0 aromatic carbocycles. The van der Waals surface area contributed by atoms with Gasteiger partial charge >= 0.3 is 0 Å². The molecule has 2 aliphatic rings. The Balaban J connectivity index is 2.21. The smallest absolute Gasteiger partial charge is 0.0189 e. The predicted molar refractivity (Wildman–Crippen MR) is 75.1 cm³/mol. The summed E-state index contributed by atoms with van der Waals surface area (Å²) < 4.78 is 0. The Labute approximate surface area is 107 Å². The topological polar surface area (TPSA) is 3.24 Å². The normalized spacial score (nSPS) is 28.1. The summed E-state index contributed by atoms with van der Waals surface area (Å²) in [7, 11) is 0. The average Bonchev–Trinajstić information content (AvgIpc) is 2.97. The Morgan fingerprint density at radius 2 is 1.65 bits per heavy atom. The summed E-state index contributed by atoms with van der Waals surface area (Å²) in [5.74, 6) is 0.946. The SMILES string of the molecule is CC(C)(C)C1CC(C2CC2)=CCN1C(C)(C)C. The van der Waals surface area contributed by atoms with Gasteiger partial charge in [0.05, 0.1) is 0 Å². The third kappa shape index (κ3) is 2.93. The van der Waals surface area contributed by atoms with E-state index >= 15 is 0 Å². The van der Waals surface area contributed by atoms with Crippen molar-refractivity contribution >= 4 is 0 Å². The summed E-state index contributed by atoms with van der Waals surface area (Å²) >= 11 is 0. The van der Waals surface area contributed by atoms with Crippen LogP contribution in [-0.2, 0) is 0 Å². The van der Waals surface area contributed by atoms with E-state index in [-0.39, 0.29) is 5.54 Å². The lowest BCUT2D eigenvalue weighted by Crippen LogP contribution is -2.55. The molecule has 1 heterocycles. The molecular formula is C16H29N. The second kappa shape index (κ2) is 4.12. The number of nitrogens with zero attached hydrogens (tertiary/aromatic N) is 1. The summed E-state index contributed by atoms with van der Waals surface area (Å²) in [6.45, 7) is 15.4. The molecule has 0 saturated heterocycles. The van der Waals surface area contributed by atoms with E-state index in [1.165, 1.54) is 19.3 Å². The lowest BCUT2D eigenvalue weighted by Gasteiger charge is -2.49. The van der Waals surface area contributed by atoms with Crippen LogP contribution in [0.25, 0.3) is 0 Å². The van der Waals surface area contributed by atoms with Crippen molar-refractivity contribution in [3.63, 3.8) is 0 Å². The van der Waals surface area contributed by atoms with Crippen molar-refractivity contribution in [2.24, 2.45) is 11.3 Å². The molecule has 1 heteroatoms. The fourth-order valence-corrected chi connectivity index (χ4v) is 3.06. The first kappa shape index (κ1) is 13.1. The molecule has 2 rings (SSSR count).